The summed E-state index contributed by atoms with van der Waals surface area (Å²) in [6.07, 6.45) is -1.34. The summed E-state index contributed by atoms with van der Waals surface area (Å²) >= 11 is 5.95. The minimum absolute atomic E-state index is 0.126. The van der Waals surface area contributed by atoms with Gasteiger partial charge in [-0.1, -0.05) is 55.8 Å². The van der Waals surface area contributed by atoms with Gasteiger partial charge in [0.15, 0.2) is 0 Å². The molecule has 0 fully saturated rings. The van der Waals surface area contributed by atoms with Crippen molar-refractivity contribution in [1.82, 2.24) is 0 Å². The van der Waals surface area contributed by atoms with Gasteiger partial charge in [0, 0.05) is 21.7 Å². The Labute approximate surface area is 202 Å². The standard InChI is InChI=1S/C27H24ClF2NO3/c1-17(2)25(18-7-11-22(28)12-8-18)26(32)34-24(16-31)19-5-4-6-21(15-19)27(29,30)20-9-13-23(33-3)14-10-20/h4-15,17,24-25H,1-3H3. The maximum atomic E-state index is 15.2. The van der Waals surface area contributed by atoms with Crippen LogP contribution in [0.1, 0.15) is 48.1 Å². The lowest BCUT2D eigenvalue weighted by molar-refractivity contribution is -0.150. The van der Waals surface area contributed by atoms with Crippen molar-refractivity contribution >= 4 is 17.6 Å². The maximum Gasteiger partial charge on any atom is 0.315 e. The van der Waals surface area contributed by atoms with Crippen molar-refractivity contribution in [3.63, 3.8) is 0 Å². The number of carbonyl (C=O) groups is 1. The number of alkyl halides is 2. The van der Waals surface area contributed by atoms with Crippen LogP contribution in [-0.4, -0.2) is 13.1 Å². The first-order valence-corrected chi connectivity index (χ1v) is 11.0. The molecule has 34 heavy (non-hydrogen) atoms. The highest BCUT2D eigenvalue weighted by Crippen LogP contribution is 2.38. The zero-order valence-corrected chi connectivity index (χ0v) is 19.7. The van der Waals surface area contributed by atoms with Crippen LogP contribution in [0.15, 0.2) is 72.8 Å². The molecule has 0 aliphatic heterocycles. The summed E-state index contributed by atoms with van der Waals surface area (Å²) in [6.45, 7) is 3.72. The lowest BCUT2D eigenvalue weighted by Gasteiger charge is -2.23. The molecule has 0 saturated heterocycles. The highest BCUT2D eigenvalue weighted by molar-refractivity contribution is 6.30. The van der Waals surface area contributed by atoms with Crippen LogP contribution in [0.4, 0.5) is 8.78 Å². The van der Waals surface area contributed by atoms with E-state index in [0.717, 1.165) is 0 Å². The number of benzene rings is 3. The molecule has 7 heteroatoms. The molecule has 0 amide bonds. The average Bonchev–Trinajstić information content (AvgIpc) is 2.83. The smallest absolute Gasteiger partial charge is 0.315 e. The fourth-order valence-corrected chi connectivity index (χ4v) is 3.81. The highest BCUT2D eigenvalue weighted by atomic mass is 35.5. The molecule has 0 radical (unpaired) electrons. The fraction of sp³-hybridized carbons (Fsp3) is 0.259. The Morgan fingerprint density at radius 3 is 2.18 bits per heavy atom. The summed E-state index contributed by atoms with van der Waals surface area (Å²) in [5.74, 6) is -4.24. The van der Waals surface area contributed by atoms with Gasteiger partial charge in [-0.05, 0) is 53.9 Å². The van der Waals surface area contributed by atoms with Crippen molar-refractivity contribution in [2.75, 3.05) is 7.11 Å². The summed E-state index contributed by atoms with van der Waals surface area (Å²) in [5.41, 5.74) is 0.323. The monoisotopic (exact) mass is 483 g/mol. The van der Waals surface area contributed by atoms with Crippen LogP contribution in [0.3, 0.4) is 0 Å². The topological polar surface area (TPSA) is 59.3 Å². The summed E-state index contributed by atoms with van der Waals surface area (Å²) in [4.78, 5) is 13.0. The number of halogens is 3. The number of hydrogen-bond donors (Lipinski definition) is 0. The van der Waals surface area contributed by atoms with Crippen LogP contribution < -0.4 is 4.74 Å². The molecule has 3 aromatic rings. The molecule has 176 valence electrons. The number of methoxy groups -OCH3 is 1. The van der Waals surface area contributed by atoms with Gasteiger partial charge in [0.25, 0.3) is 5.92 Å². The largest absolute Gasteiger partial charge is 0.497 e. The summed E-state index contributed by atoms with van der Waals surface area (Å²) in [6, 6.07) is 19.6. The third-order valence-corrected chi connectivity index (χ3v) is 5.76. The van der Waals surface area contributed by atoms with Crippen LogP contribution in [0, 0.1) is 17.2 Å². The van der Waals surface area contributed by atoms with Crippen molar-refractivity contribution in [1.29, 1.82) is 5.26 Å². The fourth-order valence-electron chi connectivity index (χ4n) is 3.69. The summed E-state index contributed by atoms with van der Waals surface area (Å²) in [5, 5.41) is 10.2. The van der Waals surface area contributed by atoms with E-state index in [-0.39, 0.29) is 22.6 Å². The second-order valence-electron chi connectivity index (χ2n) is 8.15. The Hall–Kier alpha value is -3.43. The molecule has 0 aliphatic rings. The minimum Gasteiger partial charge on any atom is -0.497 e. The van der Waals surface area contributed by atoms with Crippen LogP contribution in [0.25, 0.3) is 0 Å². The molecule has 0 spiro atoms. The van der Waals surface area contributed by atoms with Crippen molar-refractivity contribution in [3.8, 4) is 11.8 Å². The molecule has 2 atom stereocenters. The van der Waals surface area contributed by atoms with Crippen molar-refractivity contribution in [3.05, 3.63) is 100 Å². The summed E-state index contributed by atoms with van der Waals surface area (Å²) in [7, 11) is 1.46. The minimum atomic E-state index is -3.32. The molecule has 3 aromatic carbocycles. The normalized spacial score (nSPS) is 13.1. The van der Waals surface area contributed by atoms with E-state index in [1.165, 1.54) is 55.6 Å². The van der Waals surface area contributed by atoms with Crippen LogP contribution >= 0.6 is 11.6 Å². The first kappa shape index (κ1) is 25.2. The van der Waals surface area contributed by atoms with E-state index in [2.05, 4.69) is 0 Å². The Morgan fingerprint density at radius 1 is 0.971 bits per heavy atom. The Balaban J connectivity index is 1.86. The number of hydrogen-bond acceptors (Lipinski definition) is 4. The van der Waals surface area contributed by atoms with Gasteiger partial charge in [0.1, 0.15) is 11.8 Å². The zero-order valence-electron chi connectivity index (χ0n) is 19.0. The highest BCUT2D eigenvalue weighted by Gasteiger charge is 2.35. The van der Waals surface area contributed by atoms with Crippen LogP contribution in [0.5, 0.6) is 5.75 Å². The summed E-state index contributed by atoms with van der Waals surface area (Å²) < 4.78 is 40.9. The predicted molar refractivity (Wildman–Crippen MR) is 126 cm³/mol. The van der Waals surface area contributed by atoms with Gasteiger partial charge >= 0.3 is 5.97 Å². The van der Waals surface area contributed by atoms with Crippen molar-refractivity contribution in [2.24, 2.45) is 5.92 Å². The van der Waals surface area contributed by atoms with Crippen molar-refractivity contribution in [2.45, 2.75) is 31.8 Å². The SMILES string of the molecule is COc1ccc(C(F)(F)c2cccc(C(C#N)OC(=O)C(c3ccc(Cl)cc3)C(C)C)c2)cc1. The lowest BCUT2D eigenvalue weighted by atomic mass is 9.88. The molecule has 0 N–H and O–H groups in total. The number of nitrogens with zero attached hydrogens (tertiary/aromatic N) is 1. The molecule has 2 unspecified atom stereocenters. The van der Waals surface area contributed by atoms with E-state index < -0.39 is 23.9 Å². The van der Waals surface area contributed by atoms with E-state index in [9.17, 15) is 10.1 Å². The van der Waals surface area contributed by atoms with E-state index in [0.29, 0.717) is 16.3 Å². The molecule has 0 saturated carbocycles. The van der Waals surface area contributed by atoms with E-state index >= 15 is 8.78 Å². The first-order valence-electron chi connectivity index (χ1n) is 10.7. The van der Waals surface area contributed by atoms with Crippen LogP contribution in [-0.2, 0) is 15.5 Å². The maximum absolute atomic E-state index is 15.2. The van der Waals surface area contributed by atoms with Gasteiger partial charge in [0.2, 0.25) is 6.10 Å². The average molecular weight is 484 g/mol. The van der Waals surface area contributed by atoms with Gasteiger partial charge in [-0.2, -0.15) is 14.0 Å². The third kappa shape index (κ3) is 5.55. The van der Waals surface area contributed by atoms with Gasteiger partial charge in [-0.25, -0.2) is 0 Å². The number of nitriles is 1. The number of esters is 1. The Kier molecular flexibility index (Phi) is 7.90. The molecule has 4 nitrogen and oxygen atoms in total. The molecular weight excluding hydrogens is 460 g/mol. The second kappa shape index (κ2) is 10.7. The van der Waals surface area contributed by atoms with Gasteiger partial charge in [-0.15, -0.1) is 0 Å². The molecule has 0 aromatic heterocycles. The molecule has 0 heterocycles. The van der Waals surface area contributed by atoms with Crippen molar-refractivity contribution < 1.29 is 23.0 Å². The first-order chi connectivity index (χ1) is 16.2. The van der Waals surface area contributed by atoms with E-state index in [1.807, 2.05) is 19.9 Å². The number of rotatable bonds is 8. The van der Waals surface area contributed by atoms with Gasteiger partial charge in [0.05, 0.1) is 13.0 Å². The predicted octanol–water partition coefficient (Wildman–Crippen LogP) is 7.04. The van der Waals surface area contributed by atoms with Gasteiger partial charge in [-0.3, -0.25) is 4.79 Å². The molecule has 3 rings (SSSR count). The Morgan fingerprint density at radius 2 is 1.62 bits per heavy atom. The third-order valence-electron chi connectivity index (χ3n) is 5.51. The quantitative estimate of drug-likeness (QED) is 0.322. The lowest BCUT2D eigenvalue weighted by Crippen LogP contribution is -2.23. The molecule has 0 aliphatic carbocycles. The molecule has 0 bridgehead atoms. The van der Waals surface area contributed by atoms with Gasteiger partial charge < -0.3 is 9.47 Å². The Bertz CT molecular complexity index is 1170. The second-order valence-corrected chi connectivity index (χ2v) is 8.58. The van der Waals surface area contributed by atoms with E-state index in [1.54, 1.807) is 24.3 Å². The van der Waals surface area contributed by atoms with E-state index in [4.69, 9.17) is 21.1 Å². The zero-order chi connectivity index (χ0) is 24.9. The molecular formula is C27H24ClF2NO3. The number of ether oxygens (including phenoxy) is 2. The van der Waals surface area contributed by atoms with Crippen LogP contribution in [0.2, 0.25) is 5.02 Å². The number of carbonyl (C=O) groups excluding carboxylic acids is 1.